The van der Waals surface area contributed by atoms with Crippen molar-refractivity contribution in [2.75, 3.05) is 11.9 Å². The molecule has 0 atom stereocenters. The van der Waals surface area contributed by atoms with E-state index < -0.39 is 0 Å². The molecule has 2 aromatic rings. The Kier molecular flexibility index (Phi) is 6.79. The third-order valence-electron chi connectivity index (χ3n) is 3.94. The van der Waals surface area contributed by atoms with Gasteiger partial charge < -0.3 is 10.6 Å². The van der Waals surface area contributed by atoms with Crippen LogP contribution in [0.5, 0.6) is 0 Å². The Bertz CT molecular complexity index is 650. The fourth-order valence-corrected chi connectivity index (χ4v) is 2.53. The Morgan fingerprint density at radius 1 is 1.12 bits per heavy atom. The van der Waals surface area contributed by atoms with Crippen molar-refractivity contribution >= 4 is 17.4 Å². The first kappa shape index (κ1) is 18.0. The molecule has 0 aliphatic carbocycles. The summed E-state index contributed by atoms with van der Waals surface area (Å²) in [7, 11) is 0. The number of hydrogen-bond donors (Lipinski definition) is 2. The Morgan fingerprint density at radius 3 is 2.58 bits per heavy atom. The van der Waals surface area contributed by atoms with Gasteiger partial charge >= 0.3 is 0 Å². The summed E-state index contributed by atoms with van der Waals surface area (Å²) in [5, 5.41) is 6.26. The molecule has 24 heavy (non-hydrogen) atoms. The van der Waals surface area contributed by atoms with Gasteiger partial charge in [-0.3, -0.25) is 4.79 Å². The van der Waals surface area contributed by atoms with Gasteiger partial charge in [-0.25, -0.2) is 4.98 Å². The van der Waals surface area contributed by atoms with Crippen molar-refractivity contribution in [1.82, 2.24) is 10.3 Å². The Hall–Kier alpha value is -2.36. The number of para-hydroxylation sites is 1. The molecule has 1 heterocycles. The van der Waals surface area contributed by atoms with Crippen LogP contribution in [0.2, 0.25) is 0 Å². The summed E-state index contributed by atoms with van der Waals surface area (Å²) in [5.41, 5.74) is 2.89. The molecule has 128 valence electrons. The normalized spacial score (nSPS) is 10.7. The van der Waals surface area contributed by atoms with Crippen LogP contribution in [0.3, 0.4) is 0 Å². The zero-order valence-corrected chi connectivity index (χ0v) is 14.8. The lowest BCUT2D eigenvalue weighted by atomic mass is 10.0. The third kappa shape index (κ3) is 5.08. The molecule has 0 radical (unpaired) electrons. The lowest BCUT2D eigenvalue weighted by Crippen LogP contribution is -2.24. The molecule has 0 saturated carbocycles. The van der Waals surface area contributed by atoms with Crippen LogP contribution in [-0.2, 0) is 0 Å². The first-order chi connectivity index (χ1) is 11.6. The molecule has 0 unspecified atom stereocenters. The van der Waals surface area contributed by atoms with Crippen LogP contribution in [0.25, 0.3) is 0 Å². The molecular weight excluding hydrogens is 298 g/mol. The van der Waals surface area contributed by atoms with Gasteiger partial charge in [0.05, 0.1) is 5.56 Å². The average molecular weight is 325 g/mol. The number of pyridine rings is 1. The van der Waals surface area contributed by atoms with E-state index in [9.17, 15) is 4.79 Å². The van der Waals surface area contributed by atoms with E-state index in [1.54, 1.807) is 6.20 Å². The molecule has 0 fully saturated rings. The molecule has 4 nitrogen and oxygen atoms in total. The predicted octanol–water partition coefficient (Wildman–Crippen LogP) is 4.87. The lowest BCUT2D eigenvalue weighted by molar-refractivity contribution is 0.0952. The van der Waals surface area contributed by atoms with E-state index in [2.05, 4.69) is 42.5 Å². The van der Waals surface area contributed by atoms with E-state index in [1.165, 1.54) is 5.56 Å². The number of hydrogen-bond acceptors (Lipinski definition) is 3. The Balaban J connectivity index is 1.98. The van der Waals surface area contributed by atoms with Crippen molar-refractivity contribution in [2.24, 2.45) is 0 Å². The van der Waals surface area contributed by atoms with Gasteiger partial charge in [0.2, 0.25) is 0 Å². The van der Waals surface area contributed by atoms with Crippen molar-refractivity contribution in [2.45, 2.75) is 46.0 Å². The molecule has 1 aromatic carbocycles. The Labute approximate surface area is 144 Å². The summed E-state index contributed by atoms with van der Waals surface area (Å²) in [6.07, 6.45) is 4.92. The van der Waals surface area contributed by atoms with Crippen molar-refractivity contribution in [1.29, 1.82) is 0 Å². The number of rotatable bonds is 8. The molecule has 0 aliphatic rings. The van der Waals surface area contributed by atoms with Crippen LogP contribution in [0.15, 0.2) is 42.6 Å². The number of unbranched alkanes of at least 4 members (excludes halogenated alkanes) is 2. The summed E-state index contributed by atoms with van der Waals surface area (Å²) in [5.74, 6) is 1.11. The number of carbonyl (C=O) groups is 1. The first-order valence-electron chi connectivity index (χ1n) is 8.72. The second-order valence-electron chi connectivity index (χ2n) is 6.26. The molecule has 2 N–H and O–H groups in total. The topological polar surface area (TPSA) is 54.0 Å². The van der Waals surface area contributed by atoms with Crippen molar-refractivity contribution in [3.8, 4) is 0 Å². The van der Waals surface area contributed by atoms with Crippen LogP contribution in [-0.4, -0.2) is 17.4 Å². The molecule has 0 bridgehead atoms. The third-order valence-corrected chi connectivity index (χ3v) is 3.94. The summed E-state index contributed by atoms with van der Waals surface area (Å²) in [6.45, 7) is 7.20. The number of amides is 1. The number of carbonyl (C=O) groups excluding carboxylic acids is 1. The standard InChI is InChI=1S/C20H27N3O/c1-4-5-8-13-21-20(24)16-11-12-19(22-14-16)23-18-10-7-6-9-17(18)15(2)3/h6-7,9-12,14-15H,4-5,8,13H2,1-3H3,(H,21,24)(H,22,23). The molecule has 4 heteroatoms. The minimum Gasteiger partial charge on any atom is -0.352 e. The largest absolute Gasteiger partial charge is 0.352 e. The smallest absolute Gasteiger partial charge is 0.252 e. The highest BCUT2D eigenvalue weighted by atomic mass is 16.1. The van der Waals surface area contributed by atoms with Gasteiger partial charge in [-0.05, 0) is 36.1 Å². The summed E-state index contributed by atoms with van der Waals surface area (Å²) in [6, 6.07) is 11.9. The fraction of sp³-hybridized carbons (Fsp3) is 0.400. The van der Waals surface area contributed by atoms with Crippen LogP contribution >= 0.6 is 0 Å². The van der Waals surface area contributed by atoms with Gasteiger partial charge in [0.25, 0.3) is 5.91 Å². The highest BCUT2D eigenvalue weighted by Gasteiger charge is 2.08. The first-order valence-corrected chi connectivity index (χ1v) is 8.72. The Morgan fingerprint density at radius 2 is 1.92 bits per heavy atom. The van der Waals surface area contributed by atoms with Gasteiger partial charge in [0.15, 0.2) is 0 Å². The highest BCUT2D eigenvalue weighted by molar-refractivity contribution is 5.94. The van der Waals surface area contributed by atoms with E-state index in [0.717, 1.165) is 30.8 Å². The molecule has 0 spiro atoms. The van der Waals surface area contributed by atoms with E-state index in [1.807, 2.05) is 30.3 Å². The van der Waals surface area contributed by atoms with E-state index >= 15 is 0 Å². The number of anilines is 2. The SMILES string of the molecule is CCCCCNC(=O)c1ccc(Nc2ccccc2C(C)C)nc1. The van der Waals surface area contributed by atoms with Gasteiger partial charge in [0.1, 0.15) is 5.82 Å². The van der Waals surface area contributed by atoms with Gasteiger partial charge in [-0.15, -0.1) is 0 Å². The van der Waals surface area contributed by atoms with Crippen LogP contribution in [0.4, 0.5) is 11.5 Å². The lowest BCUT2D eigenvalue weighted by Gasteiger charge is -2.14. The van der Waals surface area contributed by atoms with E-state index in [0.29, 0.717) is 18.0 Å². The molecular formula is C20H27N3O. The molecule has 0 aliphatic heterocycles. The van der Waals surface area contributed by atoms with Crippen LogP contribution in [0.1, 0.15) is 61.9 Å². The number of aromatic nitrogens is 1. The fourth-order valence-electron chi connectivity index (χ4n) is 2.53. The summed E-state index contributed by atoms with van der Waals surface area (Å²) < 4.78 is 0. The molecule has 1 amide bonds. The zero-order chi connectivity index (χ0) is 17.4. The summed E-state index contributed by atoms with van der Waals surface area (Å²) in [4.78, 5) is 16.4. The van der Waals surface area contributed by atoms with Gasteiger partial charge in [-0.1, -0.05) is 51.8 Å². The minimum atomic E-state index is -0.0623. The highest BCUT2D eigenvalue weighted by Crippen LogP contribution is 2.26. The van der Waals surface area contributed by atoms with Gasteiger partial charge in [-0.2, -0.15) is 0 Å². The average Bonchev–Trinajstić information content (AvgIpc) is 2.59. The van der Waals surface area contributed by atoms with Crippen LogP contribution in [0, 0.1) is 0 Å². The van der Waals surface area contributed by atoms with Gasteiger partial charge in [0, 0.05) is 18.4 Å². The second-order valence-corrected chi connectivity index (χ2v) is 6.26. The molecule has 0 saturated heterocycles. The van der Waals surface area contributed by atoms with Crippen molar-refractivity contribution in [3.63, 3.8) is 0 Å². The number of benzene rings is 1. The monoisotopic (exact) mass is 325 g/mol. The minimum absolute atomic E-state index is 0.0623. The number of nitrogens with one attached hydrogen (secondary N) is 2. The van der Waals surface area contributed by atoms with Crippen molar-refractivity contribution in [3.05, 3.63) is 53.7 Å². The van der Waals surface area contributed by atoms with E-state index in [4.69, 9.17) is 0 Å². The second kappa shape index (κ2) is 9.06. The van der Waals surface area contributed by atoms with Crippen molar-refractivity contribution < 1.29 is 4.79 Å². The zero-order valence-electron chi connectivity index (χ0n) is 14.8. The maximum absolute atomic E-state index is 12.0. The van der Waals surface area contributed by atoms with Crippen LogP contribution < -0.4 is 10.6 Å². The molecule has 2 rings (SSSR count). The summed E-state index contributed by atoms with van der Waals surface area (Å²) >= 11 is 0. The maximum atomic E-state index is 12.0. The molecule has 1 aromatic heterocycles. The maximum Gasteiger partial charge on any atom is 0.252 e. The predicted molar refractivity (Wildman–Crippen MR) is 99.9 cm³/mol. The number of nitrogens with zero attached hydrogens (tertiary/aromatic N) is 1. The quantitative estimate of drug-likeness (QED) is 0.681. The van der Waals surface area contributed by atoms with E-state index in [-0.39, 0.29) is 5.91 Å².